The molecule has 0 aliphatic rings. The Kier molecular flexibility index (Phi) is 3.35. The average molecular weight is 227 g/mol. The van der Waals surface area contributed by atoms with Crippen molar-refractivity contribution in [2.24, 2.45) is 0 Å². The topological polar surface area (TPSA) is 9.23 Å². The Bertz CT molecular complexity index is 270. The van der Waals surface area contributed by atoms with Crippen molar-refractivity contribution >= 4 is 22.0 Å². The third-order valence-corrected chi connectivity index (χ3v) is 1.71. The van der Waals surface area contributed by atoms with E-state index in [2.05, 4.69) is 22.0 Å². The van der Waals surface area contributed by atoms with Gasteiger partial charge in [-0.3, -0.25) is 0 Å². The molecule has 0 bridgehead atoms. The number of allylic oxidation sites excluding steroid dienone is 1. The first kappa shape index (κ1) is 9.33. The van der Waals surface area contributed by atoms with Gasteiger partial charge in [-0.1, -0.05) is 28.1 Å². The molecule has 0 aliphatic carbocycles. The van der Waals surface area contributed by atoms with Crippen LogP contribution in [0.4, 0.5) is 0 Å². The molecule has 1 rings (SSSR count). The molecule has 0 fully saturated rings. The molecule has 64 valence electrons. The van der Waals surface area contributed by atoms with Gasteiger partial charge in [0.2, 0.25) is 0 Å². The lowest BCUT2D eigenvalue weighted by Gasteiger charge is -1.98. The molecular weight excluding hydrogens is 216 g/mol. The van der Waals surface area contributed by atoms with Crippen molar-refractivity contribution in [3.8, 4) is 5.75 Å². The van der Waals surface area contributed by atoms with Crippen LogP contribution in [0.15, 0.2) is 28.7 Å². The van der Waals surface area contributed by atoms with Gasteiger partial charge in [0, 0.05) is 0 Å². The molecule has 0 atom stereocenters. The van der Waals surface area contributed by atoms with Gasteiger partial charge in [-0.05, 0) is 35.2 Å². The van der Waals surface area contributed by atoms with Crippen molar-refractivity contribution in [2.75, 3.05) is 7.11 Å². The van der Waals surface area contributed by atoms with Crippen LogP contribution in [0, 0.1) is 0 Å². The maximum atomic E-state index is 5.04. The van der Waals surface area contributed by atoms with Crippen molar-refractivity contribution in [1.82, 2.24) is 0 Å². The molecule has 2 heteroatoms. The standard InChI is InChI=1S/C10H11BrO/c1-8(11)7-9-3-5-10(12-2)6-4-9/h3-7H,1-2H3/b8-7-. The lowest BCUT2D eigenvalue weighted by atomic mass is 10.2. The lowest BCUT2D eigenvalue weighted by molar-refractivity contribution is 0.415. The minimum atomic E-state index is 0.888. The van der Waals surface area contributed by atoms with Gasteiger partial charge in [0.15, 0.2) is 0 Å². The van der Waals surface area contributed by atoms with E-state index in [1.54, 1.807) is 7.11 Å². The van der Waals surface area contributed by atoms with Crippen LogP contribution in [0.2, 0.25) is 0 Å². The summed E-state index contributed by atoms with van der Waals surface area (Å²) in [7, 11) is 1.67. The lowest BCUT2D eigenvalue weighted by Crippen LogP contribution is -1.81. The number of halogens is 1. The van der Waals surface area contributed by atoms with Crippen LogP contribution < -0.4 is 4.74 Å². The van der Waals surface area contributed by atoms with Gasteiger partial charge in [-0.15, -0.1) is 0 Å². The Hall–Kier alpha value is -0.760. The van der Waals surface area contributed by atoms with Crippen LogP contribution in [0.5, 0.6) is 5.75 Å². The Morgan fingerprint density at radius 2 is 1.92 bits per heavy atom. The highest BCUT2D eigenvalue weighted by molar-refractivity contribution is 9.11. The van der Waals surface area contributed by atoms with Crippen LogP contribution in [0.25, 0.3) is 6.08 Å². The Labute approximate surface area is 81.2 Å². The number of benzene rings is 1. The maximum Gasteiger partial charge on any atom is 0.118 e. The molecule has 0 N–H and O–H groups in total. The van der Waals surface area contributed by atoms with Crippen LogP contribution in [0.1, 0.15) is 12.5 Å². The minimum absolute atomic E-state index is 0.888. The van der Waals surface area contributed by atoms with E-state index in [0.29, 0.717) is 0 Å². The smallest absolute Gasteiger partial charge is 0.118 e. The van der Waals surface area contributed by atoms with Crippen LogP contribution >= 0.6 is 15.9 Å². The zero-order valence-corrected chi connectivity index (χ0v) is 8.76. The molecule has 0 heterocycles. The second-order valence-corrected chi connectivity index (χ2v) is 3.76. The molecule has 0 radical (unpaired) electrons. The van der Waals surface area contributed by atoms with E-state index >= 15 is 0 Å². The molecule has 0 spiro atoms. The molecule has 0 aromatic heterocycles. The summed E-state index contributed by atoms with van der Waals surface area (Å²) in [6.07, 6.45) is 2.06. The van der Waals surface area contributed by atoms with Gasteiger partial charge in [-0.2, -0.15) is 0 Å². The largest absolute Gasteiger partial charge is 0.497 e. The highest BCUT2D eigenvalue weighted by Gasteiger charge is 1.90. The quantitative estimate of drug-likeness (QED) is 0.751. The number of hydrogen-bond donors (Lipinski definition) is 0. The van der Waals surface area contributed by atoms with Gasteiger partial charge >= 0.3 is 0 Å². The van der Waals surface area contributed by atoms with Crippen LogP contribution in [-0.2, 0) is 0 Å². The second kappa shape index (κ2) is 4.31. The molecule has 0 unspecified atom stereocenters. The number of rotatable bonds is 2. The molecule has 0 amide bonds. The number of ether oxygens (including phenoxy) is 1. The summed E-state index contributed by atoms with van der Waals surface area (Å²) in [5.74, 6) is 0.888. The van der Waals surface area contributed by atoms with E-state index in [0.717, 1.165) is 10.2 Å². The van der Waals surface area contributed by atoms with E-state index in [-0.39, 0.29) is 0 Å². The Balaban J connectivity index is 2.85. The third kappa shape index (κ3) is 2.70. The van der Waals surface area contributed by atoms with Crippen molar-refractivity contribution in [3.63, 3.8) is 0 Å². The van der Waals surface area contributed by atoms with Gasteiger partial charge < -0.3 is 4.74 Å². The summed E-state index contributed by atoms with van der Waals surface area (Å²) in [5, 5.41) is 0. The Morgan fingerprint density at radius 1 is 1.33 bits per heavy atom. The molecule has 1 aromatic rings. The van der Waals surface area contributed by atoms with Crippen LogP contribution in [0.3, 0.4) is 0 Å². The zero-order valence-electron chi connectivity index (χ0n) is 7.17. The van der Waals surface area contributed by atoms with Gasteiger partial charge in [0.25, 0.3) is 0 Å². The van der Waals surface area contributed by atoms with Crippen molar-refractivity contribution in [1.29, 1.82) is 0 Å². The zero-order chi connectivity index (χ0) is 8.97. The molecule has 0 saturated heterocycles. The number of hydrogen-bond acceptors (Lipinski definition) is 1. The first-order valence-corrected chi connectivity index (χ1v) is 4.49. The maximum absolute atomic E-state index is 5.04. The fourth-order valence-electron chi connectivity index (χ4n) is 0.930. The van der Waals surface area contributed by atoms with Gasteiger partial charge in [0.1, 0.15) is 5.75 Å². The minimum Gasteiger partial charge on any atom is -0.497 e. The fourth-order valence-corrected chi connectivity index (χ4v) is 1.19. The van der Waals surface area contributed by atoms with Gasteiger partial charge in [0.05, 0.1) is 7.11 Å². The predicted molar refractivity (Wildman–Crippen MR) is 55.6 cm³/mol. The molecule has 12 heavy (non-hydrogen) atoms. The normalized spacial score (nSPS) is 11.4. The fraction of sp³-hybridized carbons (Fsp3) is 0.200. The van der Waals surface area contributed by atoms with Crippen LogP contribution in [-0.4, -0.2) is 7.11 Å². The summed E-state index contributed by atoms with van der Waals surface area (Å²) in [6, 6.07) is 7.93. The van der Waals surface area contributed by atoms with E-state index in [9.17, 15) is 0 Å². The van der Waals surface area contributed by atoms with Crippen molar-refractivity contribution < 1.29 is 4.74 Å². The SMILES string of the molecule is COc1ccc(/C=C(/C)Br)cc1. The molecule has 1 nitrogen and oxygen atoms in total. The third-order valence-electron chi connectivity index (χ3n) is 1.48. The molecule has 1 aromatic carbocycles. The van der Waals surface area contributed by atoms with E-state index in [4.69, 9.17) is 4.74 Å². The second-order valence-electron chi connectivity index (χ2n) is 2.50. The van der Waals surface area contributed by atoms with E-state index in [1.807, 2.05) is 31.2 Å². The average Bonchev–Trinajstić information content (AvgIpc) is 2.05. The van der Waals surface area contributed by atoms with Crippen molar-refractivity contribution in [2.45, 2.75) is 6.92 Å². The highest BCUT2D eigenvalue weighted by atomic mass is 79.9. The summed E-state index contributed by atoms with van der Waals surface area (Å²) in [5.41, 5.74) is 1.17. The Morgan fingerprint density at radius 3 is 2.33 bits per heavy atom. The highest BCUT2D eigenvalue weighted by Crippen LogP contribution is 2.15. The molecular formula is C10H11BrO. The first-order valence-electron chi connectivity index (χ1n) is 3.70. The van der Waals surface area contributed by atoms with Crippen molar-refractivity contribution in [3.05, 3.63) is 34.3 Å². The summed E-state index contributed by atoms with van der Waals surface area (Å²) >= 11 is 3.38. The summed E-state index contributed by atoms with van der Waals surface area (Å²) < 4.78 is 6.16. The summed E-state index contributed by atoms with van der Waals surface area (Å²) in [6.45, 7) is 2.00. The number of methoxy groups -OCH3 is 1. The van der Waals surface area contributed by atoms with E-state index in [1.165, 1.54) is 5.56 Å². The summed E-state index contributed by atoms with van der Waals surface area (Å²) in [4.78, 5) is 0. The monoisotopic (exact) mass is 226 g/mol. The van der Waals surface area contributed by atoms with E-state index < -0.39 is 0 Å². The molecule has 0 aliphatic heterocycles. The van der Waals surface area contributed by atoms with Gasteiger partial charge in [-0.25, -0.2) is 0 Å². The first-order chi connectivity index (χ1) is 5.72. The molecule has 0 saturated carbocycles. The predicted octanol–water partition coefficient (Wildman–Crippen LogP) is 3.45.